The van der Waals surface area contributed by atoms with Gasteiger partial charge in [0.05, 0.1) is 35.4 Å². The summed E-state index contributed by atoms with van der Waals surface area (Å²) in [6.45, 7) is -1.12. The lowest BCUT2D eigenvalue weighted by Crippen LogP contribution is -2.33. The SMILES string of the molecule is [2H]C([2H])([2H])n1c(=O)n([C@@H]2CC[C@@H](NC(=O)OC)C2)c2cc(Nc3cc(C)c4cccc(C(F)(F)F)c4n3)ncc21. The van der Waals surface area contributed by atoms with E-state index in [-0.39, 0.29) is 34.2 Å². The number of aryl methyl sites for hydroxylation is 2. The number of hydrogen-bond acceptors (Lipinski definition) is 6. The lowest BCUT2D eigenvalue weighted by Gasteiger charge is -2.15. The van der Waals surface area contributed by atoms with Gasteiger partial charge in [0, 0.05) is 34.6 Å². The molecule has 3 aromatic heterocycles. The van der Waals surface area contributed by atoms with E-state index in [9.17, 15) is 22.8 Å². The van der Waals surface area contributed by atoms with Gasteiger partial charge in [0.1, 0.15) is 11.6 Å². The molecule has 1 aromatic carbocycles. The number of benzene rings is 1. The summed E-state index contributed by atoms with van der Waals surface area (Å²) in [6, 6.07) is 6.19. The molecular weight excluding hydrogens is 489 g/mol. The molecule has 0 aliphatic heterocycles. The average Bonchev–Trinajstić information content (AvgIpc) is 3.43. The molecule has 0 spiro atoms. The van der Waals surface area contributed by atoms with Gasteiger partial charge in [-0.15, -0.1) is 0 Å². The average molecular weight is 518 g/mol. The molecule has 0 radical (unpaired) electrons. The first-order valence-electron chi connectivity index (χ1n) is 13.0. The Hall–Kier alpha value is -4.09. The molecule has 1 aliphatic rings. The number of aromatic nitrogens is 4. The number of pyridine rings is 2. The highest BCUT2D eigenvalue weighted by Crippen LogP contribution is 2.36. The van der Waals surface area contributed by atoms with Crippen LogP contribution in [-0.2, 0) is 17.9 Å². The van der Waals surface area contributed by atoms with Gasteiger partial charge in [0.25, 0.3) is 0 Å². The summed E-state index contributed by atoms with van der Waals surface area (Å²) >= 11 is 0. The van der Waals surface area contributed by atoms with Crippen molar-refractivity contribution in [2.24, 2.45) is 6.98 Å². The molecule has 12 heteroatoms. The Balaban J connectivity index is 1.58. The van der Waals surface area contributed by atoms with Gasteiger partial charge in [-0.1, -0.05) is 12.1 Å². The third-order valence-electron chi connectivity index (χ3n) is 6.64. The highest BCUT2D eigenvalue weighted by atomic mass is 19.4. The number of carbonyl (C=O) groups is 1. The Labute approximate surface area is 213 Å². The lowest BCUT2D eigenvalue weighted by atomic mass is 10.1. The Morgan fingerprint density at radius 3 is 2.76 bits per heavy atom. The van der Waals surface area contributed by atoms with Crippen molar-refractivity contribution in [2.45, 2.75) is 44.4 Å². The fourth-order valence-electron chi connectivity index (χ4n) is 4.93. The normalized spacial score (nSPS) is 19.4. The lowest BCUT2D eigenvalue weighted by molar-refractivity contribution is -0.136. The molecule has 5 rings (SSSR count). The summed E-state index contributed by atoms with van der Waals surface area (Å²) in [6.07, 6.45) is -2.58. The van der Waals surface area contributed by atoms with Gasteiger partial charge in [0.2, 0.25) is 0 Å². The van der Waals surface area contributed by atoms with Crippen LogP contribution in [0, 0.1) is 6.92 Å². The Bertz CT molecular complexity index is 1680. The number of para-hydroxylation sites is 1. The summed E-state index contributed by atoms with van der Waals surface area (Å²) in [5, 5.41) is 5.96. The van der Waals surface area contributed by atoms with Crippen molar-refractivity contribution in [3.63, 3.8) is 0 Å². The zero-order valence-electron chi connectivity index (χ0n) is 22.9. The highest BCUT2D eigenvalue weighted by molar-refractivity contribution is 5.87. The van der Waals surface area contributed by atoms with E-state index in [2.05, 4.69) is 25.3 Å². The van der Waals surface area contributed by atoms with Crippen LogP contribution < -0.4 is 16.3 Å². The third kappa shape index (κ3) is 4.47. The van der Waals surface area contributed by atoms with Crippen molar-refractivity contribution < 1.29 is 26.8 Å². The number of amides is 1. The van der Waals surface area contributed by atoms with Crippen LogP contribution in [0.15, 0.2) is 41.3 Å². The second-order valence-corrected chi connectivity index (χ2v) is 8.99. The van der Waals surface area contributed by atoms with Crippen molar-refractivity contribution in [2.75, 3.05) is 12.4 Å². The van der Waals surface area contributed by atoms with Crippen LogP contribution in [0.2, 0.25) is 0 Å². The number of methoxy groups -OCH3 is 1. The quantitative estimate of drug-likeness (QED) is 0.403. The molecular formula is C25H25F3N6O3. The highest BCUT2D eigenvalue weighted by Gasteiger charge is 2.33. The van der Waals surface area contributed by atoms with Gasteiger partial charge in [0.15, 0.2) is 0 Å². The zero-order valence-corrected chi connectivity index (χ0v) is 19.9. The van der Waals surface area contributed by atoms with Crippen molar-refractivity contribution in [1.29, 1.82) is 0 Å². The molecule has 0 saturated heterocycles. The summed E-state index contributed by atoms with van der Waals surface area (Å²) in [5.41, 5.74) is -0.954. The minimum Gasteiger partial charge on any atom is -0.453 e. The van der Waals surface area contributed by atoms with Crippen molar-refractivity contribution in [3.8, 4) is 0 Å². The van der Waals surface area contributed by atoms with E-state index in [1.807, 2.05) is 0 Å². The van der Waals surface area contributed by atoms with Gasteiger partial charge in [-0.05, 0) is 43.9 Å². The van der Waals surface area contributed by atoms with Gasteiger partial charge in [-0.25, -0.2) is 19.6 Å². The van der Waals surface area contributed by atoms with Crippen molar-refractivity contribution in [3.05, 3.63) is 58.1 Å². The topological polar surface area (TPSA) is 103 Å². The fourth-order valence-corrected chi connectivity index (χ4v) is 4.93. The molecule has 2 N–H and O–H groups in total. The van der Waals surface area contributed by atoms with E-state index in [0.717, 1.165) is 6.07 Å². The number of imidazole rings is 1. The van der Waals surface area contributed by atoms with Crippen molar-refractivity contribution >= 4 is 39.7 Å². The Kier molecular flexibility index (Phi) is 5.17. The van der Waals surface area contributed by atoms with Gasteiger partial charge in [-0.2, -0.15) is 13.2 Å². The van der Waals surface area contributed by atoms with E-state index in [4.69, 9.17) is 4.11 Å². The second-order valence-electron chi connectivity index (χ2n) is 8.99. The van der Waals surface area contributed by atoms with E-state index < -0.39 is 36.5 Å². The smallest absolute Gasteiger partial charge is 0.418 e. The standard InChI is InChI=1S/C25H25F3N6O3/c1-13-9-21(32-22-16(13)5-4-6-17(22)25(26,27)28)31-20-11-18-19(12-29-20)33(2)24(36)34(18)15-8-7-14(10-15)30-23(35)37-3/h4-6,9,11-12,14-15H,7-8,10H2,1-3H3,(H,30,35)(H,29,31,32)/t14-,15-/m1/s1/i2D3. The van der Waals surface area contributed by atoms with Crippen LogP contribution in [0.1, 0.15) is 40.5 Å². The minimum atomic E-state index is -4.61. The van der Waals surface area contributed by atoms with E-state index in [1.165, 1.54) is 30.0 Å². The summed E-state index contributed by atoms with van der Waals surface area (Å²) in [5.74, 6) is 0.253. The number of halogens is 3. The molecule has 37 heavy (non-hydrogen) atoms. The molecule has 0 bridgehead atoms. The number of ether oxygens (including phenoxy) is 1. The molecule has 3 heterocycles. The molecule has 1 saturated carbocycles. The second kappa shape index (κ2) is 9.09. The summed E-state index contributed by atoms with van der Waals surface area (Å²) < 4.78 is 71.4. The number of hydrogen-bond donors (Lipinski definition) is 2. The summed E-state index contributed by atoms with van der Waals surface area (Å²) in [7, 11) is 1.24. The molecule has 9 nitrogen and oxygen atoms in total. The molecule has 2 atom stereocenters. The maximum absolute atomic E-state index is 13.6. The number of nitrogens with zero attached hydrogens (tertiary/aromatic N) is 4. The van der Waals surface area contributed by atoms with Crippen LogP contribution in [0.5, 0.6) is 0 Å². The maximum atomic E-state index is 13.6. The molecule has 0 unspecified atom stereocenters. The molecule has 1 amide bonds. The van der Waals surface area contributed by atoms with Crippen LogP contribution >= 0.6 is 0 Å². The molecule has 1 fully saturated rings. The fraction of sp³-hybridized carbons (Fsp3) is 0.360. The number of anilines is 2. The predicted molar refractivity (Wildman–Crippen MR) is 132 cm³/mol. The molecule has 4 aromatic rings. The monoisotopic (exact) mass is 517 g/mol. The maximum Gasteiger partial charge on any atom is 0.418 e. The van der Waals surface area contributed by atoms with Gasteiger partial charge in [-0.3, -0.25) is 9.13 Å². The van der Waals surface area contributed by atoms with E-state index >= 15 is 0 Å². The predicted octanol–water partition coefficient (Wildman–Crippen LogP) is 4.80. The zero-order chi connectivity index (χ0) is 29.0. The van der Waals surface area contributed by atoms with Crippen LogP contribution in [0.25, 0.3) is 21.9 Å². The van der Waals surface area contributed by atoms with Crippen molar-refractivity contribution in [1.82, 2.24) is 24.4 Å². The third-order valence-corrected chi connectivity index (χ3v) is 6.64. The van der Waals surface area contributed by atoms with E-state index in [0.29, 0.717) is 34.8 Å². The Morgan fingerprint density at radius 2 is 2.03 bits per heavy atom. The van der Waals surface area contributed by atoms with Gasteiger partial charge >= 0.3 is 18.0 Å². The van der Waals surface area contributed by atoms with Crippen LogP contribution in [0.4, 0.5) is 29.6 Å². The number of alkyl halides is 3. The number of fused-ring (bicyclic) bond motifs is 2. The summed E-state index contributed by atoms with van der Waals surface area (Å²) in [4.78, 5) is 33.5. The van der Waals surface area contributed by atoms with E-state index in [1.54, 1.807) is 19.1 Å². The largest absolute Gasteiger partial charge is 0.453 e. The first kappa shape index (κ1) is 21.0. The number of nitrogens with one attached hydrogen (secondary N) is 2. The Morgan fingerprint density at radius 1 is 1.22 bits per heavy atom. The molecule has 194 valence electrons. The number of rotatable bonds is 4. The van der Waals surface area contributed by atoms with Crippen LogP contribution in [-0.4, -0.2) is 38.3 Å². The minimum absolute atomic E-state index is 0.0712. The van der Waals surface area contributed by atoms with Crippen LogP contribution in [0.3, 0.4) is 0 Å². The number of alkyl carbamates (subject to hydrolysis) is 1. The number of carbonyl (C=O) groups excluding carboxylic acids is 1. The molecule has 1 aliphatic carbocycles. The van der Waals surface area contributed by atoms with Gasteiger partial charge < -0.3 is 15.4 Å². The first-order chi connectivity index (χ1) is 18.8. The first-order valence-corrected chi connectivity index (χ1v) is 11.5.